The molecule has 8 nitrogen and oxygen atoms in total. The van der Waals surface area contributed by atoms with Crippen molar-refractivity contribution in [2.75, 3.05) is 37.0 Å². The van der Waals surface area contributed by atoms with Crippen LogP contribution in [0.3, 0.4) is 0 Å². The van der Waals surface area contributed by atoms with Crippen molar-refractivity contribution in [3.8, 4) is 11.4 Å². The molecule has 1 atom stereocenters. The molecule has 216 valence electrons. The molecule has 1 aliphatic rings. The Morgan fingerprint density at radius 3 is 2.26 bits per heavy atom. The molecule has 1 saturated heterocycles. The molecule has 0 saturated carbocycles. The number of nitrogens with zero attached hydrogens (tertiary/aromatic N) is 4. The van der Waals surface area contributed by atoms with Gasteiger partial charge in [-0.2, -0.15) is 0 Å². The Kier molecular flexibility index (Phi) is 9.03. The molecule has 1 aromatic heterocycles. The van der Waals surface area contributed by atoms with Gasteiger partial charge in [0.1, 0.15) is 17.6 Å². The summed E-state index contributed by atoms with van der Waals surface area (Å²) in [7, 11) is 3.94. The van der Waals surface area contributed by atoms with Gasteiger partial charge in [-0.05, 0) is 66.3 Å². The van der Waals surface area contributed by atoms with Crippen LogP contribution < -0.4 is 15.1 Å². The normalized spacial score (nSPS) is 14.3. The van der Waals surface area contributed by atoms with Crippen LogP contribution in [-0.2, 0) is 11.2 Å². The van der Waals surface area contributed by atoms with E-state index in [-0.39, 0.29) is 12.1 Å². The first-order chi connectivity index (χ1) is 20.3. The van der Waals surface area contributed by atoms with Crippen molar-refractivity contribution in [3.05, 3.63) is 107 Å². The van der Waals surface area contributed by atoms with Gasteiger partial charge in [0.05, 0.1) is 0 Å². The average Bonchev–Trinajstić information content (AvgIpc) is 3.02. The number of carbonyl (C=O) groups is 2. The minimum atomic E-state index is -1.14. The lowest BCUT2D eigenvalue weighted by atomic mass is 9.89. The van der Waals surface area contributed by atoms with Crippen molar-refractivity contribution < 1.29 is 14.7 Å². The maximum atomic E-state index is 13.5. The highest BCUT2D eigenvalue weighted by Gasteiger charge is 2.26. The van der Waals surface area contributed by atoms with E-state index in [0.717, 1.165) is 42.7 Å². The number of carboxylic acid groups (broad SMARTS) is 1. The van der Waals surface area contributed by atoms with Crippen LogP contribution in [0.1, 0.15) is 40.4 Å². The highest BCUT2D eigenvalue weighted by Crippen LogP contribution is 2.31. The number of aromatic nitrogens is 2. The molecular weight excluding hydrogens is 550 g/mol. The van der Waals surface area contributed by atoms with Gasteiger partial charge in [-0.15, -0.1) is 0 Å². The highest BCUT2D eigenvalue weighted by atomic mass is 35.5. The molecule has 0 aliphatic carbocycles. The Morgan fingerprint density at radius 1 is 0.976 bits per heavy atom. The molecule has 4 aromatic rings. The van der Waals surface area contributed by atoms with Gasteiger partial charge in [0.25, 0.3) is 5.91 Å². The number of anilines is 2. The van der Waals surface area contributed by atoms with Gasteiger partial charge < -0.3 is 20.2 Å². The molecule has 1 unspecified atom stereocenters. The van der Waals surface area contributed by atoms with Gasteiger partial charge in [-0.3, -0.25) is 4.79 Å². The third-order valence-corrected chi connectivity index (χ3v) is 7.89. The molecule has 2 heterocycles. The smallest absolute Gasteiger partial charge is 0.326 e. The fraction of sp³-hybridized carbons (Fsp3) is 0.273. The van der Waals surface area contributed by atoms with Crippen molar-refractivity contribution in [1.29, 1.82) is 0 Å². The molecule has 0 radical (unpaired) electrons. The largest absolute Gasteiger partial charge is 0.480 e. The summed E-state index contributed by atoms with van der Waals surface area (Å²) in [4.78, 5) is 39.2. The Labute approximate surface area is 251 Å². The zero-order valence-corrected chi connectivity index (χ0v) is 24.5. The first-order valence-electron chi connectivity index (χ1n) is 14.0. The van der Waals surface area contributed by atoms with Crippen LogP contribution in [0, 0.1) is 0 Å². The Bertz CT molecular complexity index is 1520. The minimum absolute atomic E-state index is 0.113. The highest BCUT2D eigenvalue weighted by molar-refractivity contribution is 6.30. The third-order valence-electron chi connectivity index (χ3n) is 7.63. The molecule has 42 heavy (non-hydrogen) atoms. The molecule has 5 rings (SSSR count). The zero-order valence-electron chi connectivity index (χ0n) is 23.7. The number of nitrogens with one attached hydrogen (secondary N) is 1. The average molecular weight is 584 g/mol. The predicted molar refractivity (Wildman–Crippen MR) is 166 cm³/mol. The maximum absolute atomic E-state index is 13.5. The molecular formula is C33H34ClN5O3. The van der Waals surface area contributed by atoms with Crippen LogP contribution in [0.15, 0.2) is 84.9 Å². The fourth-order valence-electron chi connectivity index (χ4n) is 5.21. The lowest BCUT2D eigenvalue weighted by Gasteiger charge is -2.33. The molecule has 1 aliphatic heterocycles. The number of benzene rings is 3. The van der Waals surface area contributed by atoms with Crippen LogP contribution >= 0.6 is 11.6 Å². The zero-order chi connectivity index (χ0) is 29.6. The summed E-state index contributed by atoms with van der Waals surface area (Å²) in [5.41, 5.74) is 4.01. The summed E-state index contributed by atoms with van der Waals surface area (Å²) < 4.78 is 0. The molecule has 9 heteroatoms. The van der Waals surface area contributed by atoms with Crippen molar-refractivity contribution in [2.24, 2.45) is 0 Å². The summed E-state index contributed by atoms with van der Waals surface area (Å²) in [5.74, 6) is -0.162. The second-order valence-electron chi connectivity index (χ2n) is 10.7. The van der Waals surface area contributed by atoms with Crippen LogP contribution in [0.25, 0.3) is 11.4 Å². The van der Waals surface area contributed by atoms with E-state index < -0.39 is 17.9 Å². The van der Waals surface area contributed by atoms with Gasteiger partial charge in [0.2, 0.25) is 0 Å². The number of hydrogen-bond donors (Lipinski definition) is 2. The van der Waals surface area contributed by atoms with E-state index in [1.807, 2.05) is 49.3 Å². The van der Waals surface area contributed by atoms with E-state index in [2.05, 4.69) is 39.5 Å². The van der Waals surface area contributed by atoms with E-state index in [1.165, 1.54) is 5.56 Å². The van der Waals surface area contributed by atoms with Crippen LogP contribution in [0.5, 0.6) is 0 Å². The second kappa shape index (κ2) is 13.0. The van der Waals surface area contributed by atoms with Gasteiger partial charge in [-0.25, -0.2) is 14.8 Å². The first-order valence-corrected chi connectivity index (χ1v) is 14.4. The van der Waals surface area contributed by atoms with E-state index in [1.54, 1.807) is 30.3 Å². The lowest BCUT2D eigenvalue weighted by Crippen LogP contribution is -2.42. The minimum Gasteiger partial charge on any atom is -0.480 e. The van der Waals surface area contributed by atoms with Gasteiger partial charge >= 0.3 is 5.97 Å². The van der Waals surface area contributed by atoms with E-state index in [0.29, 0.717) is 22.6 Å². The number of amides is 1. The quantitative estimate of drug-likeness (QED) is 0.262. The maximum Gasteiger partial charge on any atom is 0.326 e. The van der Waals surface area contributed by atoms with Crippen molar-refractivity contribution in [2.45, 2.75) is 31.2 Å². The van der Waals surface area contributed by atoms with Crippen LogP contribution in [-0.4, -0.2) is 60.2 Å². The summed E-state index contributed by atoms with van der Waals surface area (Å²) in [5, 5.41) is 13.1. The fourth-order valence-corrected chi connectivity index (χ4v) is 5.33. The molecule has 2 N–H and O–H groups in total. The molecule has 0 bridgehead atoms. The first kappa shape index (κ1) is 29.1. The number of halogens is 1. The lowest BCUT2D eigenvalue weighted by molar-refractivity contribution is -0.139. The Morgan fingerprint density at radius 2 is 1.64 bits per heavy atom. The number of carboxylic acids is 1. The number of rotatable bonds is 9. The van der Waals surface area contributed by atoms with Crippen LogP contribution in [0.4, 0.5) is 11.5 Å². The molecule has 0 spiro atoms. The van der Waals surface area contributed by atoms with E-state index in [4.69, 9.17) is 16.6 Å². The van der Waals surface area contributed by atoms with Gasteiger partial charge in [0, 0.05) is 55.9 Å². The summed E-state index contributed by atoms with van der Waals surface area (Å²) in [6, 6.07) is 25.8. The van der Waals surface area contributed by atoms with Crippen molar-refractivity contribution in [1.82, 2.24) is 15.3 Å². The predicted octanol–water partition coefficient (Wildman–Crippen LogP) is 5.67. The Hall–Kier alpha value is -4.43. The summed E-state index contributed by atoms with van der Waals surface area (Å²) in [6.07, 6.45) is 2.04. The van der Waals surface area contributed by atoms with E-state index in [9.17, 15) is 14.7 Å². The second-order valence-corrected chi connectivity index (χ2v) is 11.2. The van der Waals surface area contributed by atoms with Crippen LogP contribution in [0.2, 0.25) is 5.02 Å². The summed E-state index contributed by atoms with van der Waals surface area (Å²) in [6.45, 7) is 1.57. The number of piperidine rings is 1. The molecule has 1 fully saturated rings. The monoisotopic (exact) mass is 583 g/mol. The van der Waals surface area contributed by atoms with Crippen molar-refractivity contribution in [3.63, 3.8) is 0 Å². The molecule has 1 amide bonds. The van der Waals surface area contributed by atoms with Crippen molar-refractivity contribution >= 4 is 35.0 Å². The topological polar surface area (TPSA) is 98.7 Å². The van der Waals surface area contributed by atoms with E-state index >= 15 is 0 Å². The third kappa shape index (κ3) is 7.06. The Balaban J connectivity index is 1.41. The summed E-state index contributed by atoms with van der Waals surface area (Å²) >= 11 is 5.98. The standard InChI is InChI=1S/C33H34ClN5O3/c1-38(2)27-14-10-25(11-15-27)31-35-28(32(40)36-29(33(41)42)20-22-8-12-26(34)13-9-22)21-30(37-31)39-18-16-24(17-19-39)23-6-4-3-5-7-23/h3-15,21,24,29H,16-20H2,1-2H3,(H,36,40)(H,41,42). The number of aliphatic carboxylic acids is 1. The number of hydrogen-bond acceptors (Lipinski definition) is 6. The van der Waals surface area contributed by atoms with Gasteiger partial charge in [0.15, 0.2) is 5.82 Å². The SMILES string of the molecule is CN(C)c1ccc(-c2nc(C(=O)NC(Cc3ccc(Cl)cc3)C(=O)O)cc(N3CCC(c4ccccc4)CC3)n2)cc1. The van der Waals surface area contributed by atoms with Gasteiger partial charge in [-0.1, -0.05) is 54.1 Å². The number of carbonyl (C=O) groups excluding carboxylic acids is 1. The molecule has 3 aromatic carbocycles.